The minimum absolute atomic E-state index is 0.445. The van der Waals surface area contributed by atoms with Crippen LogP contribution in [0.25, 0.3) is 11.0 Å². The highest BCUT2D eigenvalue weighted by atomic mass is 16.3. The van der Waals surface area contributed by atoms with Crippen molar-refractivity contribution >= 4 is 11.0 Å². The molecule has 0 saturated heterocycles. The van der Waals surface area contributed by atoms with Crippen molar-refractivity contribution in [2.24, 2.45) is 0 Å². The maximum absolute atomic E-state index is 10.6. The van der Waals surface area contributed by atoms with E-state index in [9.17, 15) is 5.11 Å². The van der Waals surface area contributed by atoms with E-state index in [0.717, 1.165) is 36.4 Å². The third kappa shape index (κ3) is 4.05. The number of hydrogen-bond acceptors (Lipinski definition) is 3. The number of aliphatic hydroxyl groups is 1. The second-order valence-corrected chi connectivity index (χ2v) is 6.29. The number of aromatic nitrogens is 2. The molecule has 0 saturated carbocycles. The molecule has 1 aromatic heterocycles. The van der Waals surface area contributed by atoms with Gasteiger partial charge in [0, 0.05) is 19.0 Å². The first kappa shape index (κ1) is 16.0. The fourth-order valence-electron chi connectivity index (χ4n) is 2.67. The summed E-state index contributed by atoms with van der Waals surface area (Å²) >= 11 is 0. The number of rotatable bonds is 7. The van der Waals surface area contributed by atoms with Gasteiger partial charge in [0.05, 0.1) is 16.6 Å². The molecule has 0 fully saturated rings. The van der Waals surface area contributed by atoms with Gasteiger partial charge in [-0.15, -0.1) is 0 Å². The van der Waals surface area contributed by atoms with Crippen LogP contribution < -0.4 is 5.32 Å². The normalized spacial score (nSPS) is 14.8. The van der Waals surface area contributed by atoms with Gasteiger partial charge in [-0.25, -0.2) is 4.98 Å². The van der Waals surface area contributed by atoms with E-state index in [4.69, 9.17) is 4.98 Å². The first-order valence-electron chi connectivity index (χ1n) is 7.83. The standard InChI is InChI=1S/C17H27N3O/c1-5-20-15-9-7-6-8-14(15)19-16(20)12-17(4,21)10-11-18-13(2)3/h6-9,13,18,21H,5,10-12H2,1-4H3. The quantitative estimate of drug-likeness (QED) is 0.824. The lowest BCUT2D eigenvalue weighted by atomic mass is 9.97. The van der Waals surface area contributed by atoms with Crippen molar-refractivity contribution in [3.8, 4) is 0 Å². The lowest BCUT2D eigenvalue weighted by Crippen LogP contribution is -2.35. The van der Waals surface area contributed by atoms with Crippen molar-refractivity contribution in [2.45, 2.75) is 58.7 Å². The number of nitrogens with one attached hydrogen (secondary N) is 1. The van der Waals surface area contributed by atoms with Gasteiger partial charge in [0.25, 0.3) is 0 Å². The topological polar surface area (TPSA) is 50.1 Å². The van der Waals surface area contributed by atoms with E-state index in [1.165, 1.54) is 0 Å². The summed E-state index contributed by atoms with van der Waals surface area (Å²) in [6.07, 6.45) is 1.30. The zero-order valence-electron chi connectivity index (χ0n) is 13.6. The predicted molar refractivity (Wildman–Crippen MR) is 87.5 cm³/mol. The molecule has 116 valence electrons. The van der Waals surface area contributed by atoms with Crippen molar-refractivity contribution in [3.05, 3.63) is 30.1 Å². The molecule has 1 aromatic carbocycles. The van der Waals surface area contributed by atoms with Crippen LogP contribution in [-0.4, -0.2) is 32.8 Å². The molecule has 2 rings (SSSR count). The third-order valence-corrected chi connectivity index (χ3v) is 3.80. The van der Waals surface area contributed by atoms with E-state index >= 15 is 0 Å². The molecular weight excluding hydrogens is 262 g/mol. The first-order chi connectivity index (χ1) is 9.93. The van der Waals surface area contributed by atoms with E-state index in [1.54, 1.807) is 0 Å². The highest BCUT2D eigenvalue weighted by Crippen LogP contribution is 2.21. The molecule has 2 aromatic rings. The Morgan fingerprint density at radius 3 is 2.71 bits per heavy atom. The Hall–Kier alpha value is -1.39. The fraction of sp³-hybridized carbons (Fsp3) is 0.588. The van der Waals surface area contributed by atoms with Crippen LogP contribution in [0.2, 0.25) is 0 Å². The summed E-state index contributed by atoms with van der Waals surface area (Å²) in [6.45, 7) is 9.94. The van der Waals surface area contributed by atoms with Gasteiger partial charge in [0.1, 0.15) is 5.82 Å². The number of hydrogen-bond donors (Lipinski definition) is 2. The van der Waals surface area contributed by atoms with Crippen LogP contribution in [0.1, 0.15) is 39.9 Å². The van der Waals surface area contributed by atoms with Crippen molar-refractivity contribution < 1.29 is 5.11 Å². The molecule has 0 aliphatic heterocycles. The molecule has 1 atom stereocenters. The fourth-order valence-corrected chi connectivity index (χ4v) is 2.67. The van der Waals surface area contributed by atoms with E-state index in [1.807, 2.05) is 25.1 Å². The molecule has 0 aliphatic carbocycles. The summed E-state index contributed by atoms with van der Waals surface area (Å²) in [6, 6.07) is 8.60. The Morgan fingerprint density at radius 2 is 2.05 bits per heavy atom. The number of nitrogens with zero attached hydrogens (tertiary/aromatic N) is 2. The van der Waals surface area contributed by atoms with Gasteiger partial charge in [-0.2, -0.15) is 0 Å². The van der Waals surface area contributed by atoms with Crippen LogP contribution >= 0.6 is 0 Å². The number of benzene rings is 1. The number of aryl methyl sites for hydroxylation is 1. The van der Waals surface area contributed by atoms with E-state index in [2.05, 4.69) is 36.7 Å². The third-order valence-electron chi connectivity index (χ3n) is 3.80. The second-order valence-electron chi connectivity index (χ2n) is 6.29. The molecule has 4 nitrogen and oxygen atoms in total. The molecule has 1 heterocycles. The van der Waals surface area contributed by atoms with Gasteiger partial charge >= 0.3 is 0 Å². The molecule has 2 N–H and O–H groups in total. The summed E-state index contributed by atoms with van der Waals surface area (Å²) in [5, 5.41) is 14.0. The average Bonchev–Trinajstić information content (AvgIpc) is 2.73. The summed E-state index contributed by atoms with van der Waals surface area (Å²) < 4.78 is 2.19. The van der Waals surface area contributed by atoms with Crippen molar-refractivity contribution in [1.82, 2.24) is 14.9 Å². The van der Waals surface area contributed by atoms with Gasteiger partial charge in [-0.3, -0.25) is 0 Å². The van der Waals surface area contributed by atoms with Crippen LogP contribution in [-0.2, 0) is 13.0 Å². The first-order valence-corrected chi connectivity index (χ1v) is 7.83. The lowest BCUT2D eigenvalue weighted by Gasteiger charge is -2.24. The molecular formula is C17H27N3O. The van der Waals surface area contributed by atoms with Gasteiger partial charge in [-0.05, 0) is 38.9 Å². The maximum Gasteiger partial charge on any atom is 0.112 e. The molecule has 0 bridgehead atoms. The van der Waals surface area contributed by atoms with E-state index in [0.29, 0.717) is 12.5 Å². The summed E-state index contributed by atoms with van der Waals surface area (Å²) in [5.41, 5.74) is 1.41. The highest BCUT2D eigenvalue weighted by Gasteiger charge is 2.24. The smallest absolute Gasteiger partial charge is 0.112 e. The molecule has 0 aliphatic rings. The number of para-hydroxylation sites is 2. The Bertz CT molecular complexity index is 587. The maximum atomic E-state index is 10.6. The molecule has 0 amide bonds. The Kier molecular flexibility index (Phi) is 5.01. The van der Waals surface area contributed by atoms with Crippen molar-refractivity contribution in [3.63, 3.8) is 0 Å². The largest absolute Gasteiger partial charge is 0.390 e. The van der Waals surface area contributed by atoms with Crippen molar-refractivity contribution in [2.75, 3.05) is 6.54 Å². The van der Waals surface area contributed by atoms with Gasteiger partial charge < -0.3 is 15.0 Å². The Balaban J connectivity index is 2.14. The Morgan fingerprint density at radius 1 is 1.33 bits per heavy atom. The van der Waals surface area contributed by atoms with Gasteiger partial charge in [-0.1, -0.05) is 26.0 Å². The summed E-state index contributed by atoms with van der Waals surface area (Å²) in [4.78, 5) is 4.69. The minimum atomic E-state index is -0.740. The number of fused-ring (bicyclic) bond motifs is 1. The van der Waals surface area contributed by atoms with Gasteiger partial charge in [0.2, 0.25) is 0 Å². The highest BCUT2D eigenvalue weighted by molar-refractivity contribution is 5.75. The summed E-state index contributed by atoms with van der Waals surface area (Å²) in [5.74, 6) is 0.966. The molecule has 1 unspecified atom stereocenters. The van der Waals surface area contributed by atoms with E-state index < -0.39 is 5.60 Å². The average molecular weight is 289 g/mol. The predicted octanol–water partition coefficient (Wildman–Crippen LogP) is 2.74. The van der Waals surface area contributed by atoms with E-state index in [-0.39, 0.29) is 0 Å². The van der Waals surface area contributed by atoms with Crippen LogP contribution in [0, 0.1) is 0 Å². The van der Waals surface area contributed by atoms with Crippen LogP contribution in [0.4, 0.5) is 0 Å². The van der Waals surface area contributed by atoms with Gasteiger partial charge in [0.15, 0.2) is 0 Å². The Labute approximate surface area is 127 Å². The SMILES string of the molecule is CCn1c(CC(C)(O)CCNC(C)C)nc2ccccc21. The van der Waals surface area contributed by atoms with Crippen LogP contribution in [0.5, 0.6) is 0 Å². The number of imidazole rings is 1. The zero-order valence-corrected chi connectivity index (χ0v) is 13.6. The molecule has 4 heteroatoms. The molecule has 21 heavy (non-hydrogen) atoms. The monoisotopic (exact) mass is 289 g/mol. The second kappa shape index (κ2) is 6.58. The summed E-state index contributed by atoms with van der Waals surface area (Å²) in [7, 11) is 0. The molecule has 0 spiro atoms. The minimum Gasteiger partial charge on any atom is -0.390 e. The zero-order chi connectivity index (χ0) is 15.5. The van der Waals surface area contributed by atoms with Crippen molar-refractivity contribution in [1.29, 1.82) is 0 Å². The van der Waals surface area contributed by atoms with Crippen LogP contribution in [0.3, 0.4) is 0 Å². The van der Waals surface area contributed by atoms with Crippen LogP contribution in [0.15, 0.2) is 24.3 Å². The molecule has 0 radical (unpaired) electrons. The lowest BCUT2D eigenvalue weighted by molar-refractivity contribution is 0.0484.